The SMILES string of the molecule is Nc1c(Br)cc(C[C@@H](NC(=O)N2CCC(N3Cc4cscc4NC3=O)CC2)C(=O)N2CCC(N3CCCC3)CC2)cc1C(F)(F)F. The van der Waals surface area contributed by atoms with Gasteiger partial charge in [0.1, 0.15) is 6.04 Å². The number of carbonyl (C=O) groups is 3. The molecule has 10 nitrogen and oxygen atoms in total. The van der Waals surface area contributed by atoms with Gasteiger partial charge in [0, 0.05) is 60.1 Å². The summed E-state index contributed by atoms with van der Waals surface area (Å²) in [6.45, 7) is 4.47. The molecule has 4 aliphatic heterocycles. The molecule has 2 aromatic rings. The topological polar surface area (TPSA) is 114 Å². The van der Waals surface area contributed by atoms with E-state index in [1.165, 1.54) is 30.2 Å². The standard InChI is InChI=1S/C31H39BrF3N7O3S/c32-24-14-19(13-23(27(24)36)31(33,34)35)15-25(28(43)40-9-3-21(4-10-40)39-7-1-2-8-39)37-29(44)41-11-5-22(6-12-41)42-16-20-17-46-18-26(20)38-30(42)45/h13-14,17-18,21-22,25H,1-12,15-16,36H2,(H,37,44)(H,38,45)/t25-/m1/s1. The quantitative estimate of drug-likeness (QED) is 0.349. The fourth-order valence-electron chi connectivity index (χ4n) is 7.15. The van der Waals surface area contributed by atoms with E-state index in [0.717, 1.165) is 43.2 Å². The maximum atomic E-state index is 13.9. The Balaban J connectivity index is 1.13. The largest absolute Gasteiger partial charge is 0.418 e. The van der Waals surface area contributed by atoms with Crippen LogP contribution in [0.25, 0.3) is 0 Å². The van der Waals surface area contributed by atoms with Crippen molar-refractivity contribution in [2.24, 2.45) is 0 Å². The number of amides is 5. The zero-order chi connectivity index (χ0) is 32.6. The van der Waals surface area contributed by atoms with Crippen LogP contribution < -0.4 is 16.4 Å². The number of urea groups is 2. The molecule has 5 amide bonds. The zero-order valence-electron chi connectivity index (χ0n) is 25.5. The van der Waals surface area contributed by atoms with Gasteiger partial charge in [-0.2, -0.15) is 13.2 Å². The maximum absolute atomic E-state index is 13.9. The number of likely N-dealkylation sites (tertiary alicyclic amines) is 3. The van der Waals surface area contributed by atoms with Crippen molar-refractivity contribution in [2.45, 2.75) is 75.8 Å². The lowest BCUT2D eigenvalue weighted by Crippen LogP contribution is -2.57. The van der Waals surface area contributed by atoms with Gasteiger partial charge in [-0.25, -0.2) is 9.59 Å². The Labute approximate surface area is 278 Å². The molecule has 46 heavy (non-hydrogen) atoms. The third-order valence-corrected chi connectivity index (χ3v) is 11.2. The average Bonchev–Trinajstić information content (AvgIpc) is 3.74. The second kappa shape index (κ2) is 13.6. The predicted molar refractivity (Wildman–Crippen MR) is 173 cm³/mol. The minimum atomic E-state index is -4.68. The van der Waals surface area contributed by atoms with Crippen molar-refractivity contribution in [3.05, 3.63) is 44.1 Å². The Hall–Kier alpha value is -3.04. The number of nitrogens with two attached hydrogens (primary N) is 1. The first-order valence-corrected chi connectivity index (χ1v) is 17.6. The summed E-state index contributed by atoms with van der Waals surface area (Å²) in [7, 11) is 0. The number of alkyl halides is 3. The number of fused-ring (bicyclic) bond motifs is 1. The minimum Gasteiger partial charge on any atom is -0.397 e. The van der Waals surface area contributed by atoms with E-state index in [2.05, 4.69) is 31.5 Å². The van der Waals surface area contributed by atoms with E-state index in [1.807, 2.05) is 10.8 Å². The number of hydrogen-bond donors (Lipinski definition) is 3. The molecule has 250 valence electrons. The van der Waals surface area contributed by atoms with Crippen LogP contribution in [0.2, 0.25) is 0 Å². The smallest absolute Gasteiger partial charge is 0.397 e. The molecule has 3 fully saturated rings. The Morgan fingerprint density at radius 1 is 1.00 bits per heavy atom. The summed E-state index contributed by atoms with van der Waals surface area (Å²) in [4.78, 5) is 47.9. The maximum Gasteiger partial charge on any atom is 0.418 e. The molecule has 3 saturated heterocycles. The van der Waals surface area contributed by atoms with Gasteiger partial charge >= 0.3 is 18.2 Å². The molecule has 0 bridgehead atoms. The molecular weight excluding hydrogens is 687 g/mol. The van der Waals surface area contributed by atoms with Crippen molar-refractivity contribution in [1.29, 1.82) is 0 Å². The normalized spacial score (nSPS) is 20.9. The third-order valence-electron chi connectivity index (χ3n) is 9.74. The monoisotopic (exact) mass is 725 g/mol. The van der Waals surface area contributed by atoms with Crippen LogP contribution in [0.4, 0.5) is 34.1 Å². The fraction of sp³-hybridized carbons (Fsp3) is 0.581. The van der Waals surface area contributed by atoms with Gasteiger partial charge in [-0.3, -0.25) is 4.79 Å². The van der Waals surface area contributed by atoms with Crippen LogP contribution in [0.3, 0.4) is 0 Å². The highest BCUT2D eigenvalue weighted by Gasteiger charge is 2.38. The summed E-state index contributed by atoms with van der Waals surface area (Å²) >= 11 is 4.68. The number of nitrogens with one attached hydrogen (secondary N) is 2. The van der Waals surface area contributed by atoms with Gasteiger partial charge in [-0.1, -0.05) is 0 Å². The first kappa shape index (κ1) is 32.9. The Kier molecular flexibility index (Phi) is 9.72. The molecule has 1 aromatic heterocycles. The Morgan fingerprint density at radius 3 is 2.33 bits per heavy atom. The molecule has 0 saturated carbocycles. The van der Waals surface area contributed by atoms with E-state index in [9.17, 15) is 27.6 Å². The van der Waals surface area contributed by atoms with Crippen LogP contribution in [0, 0.1) is 0 Å². The van der Waals surface area contributed by atoms with Gasteiger partial charge in [-0.05, 0) is 90.6 Å². The number of hydrogen-bond acceptors (Lipinski definition) is 6. The van der Waals surface area contributed by atoms with Gasteiger partial charge in [0.15, 0.2) is 0 Å². The summed E-state index contributed by atoms with van der Waals surface area (Å²) in [6, 6.07) is 1.15. The van der Waals surface area contributed by atoms with Gasteiger partial charge in [0.05, 0.1) is 23.5 Å². The zero-order valence-corrected chi connectivity index (χ0v) is 27.9. The molecule has 6 rings (SSSR count). The van der Waals surface area contributed by atoms with Crippen LogP contribution in [-0.4, -0.2) is 95.0 Å². The van der Waals surface area contributed by atoms with Crippen molar-refractivity contribution in [2.75, 3.05) is 50.3 Å². The van der Waals surface area contributed by atoms with E-state index in [4.69, 9.17) is 5.73 Å². The molecule has 1 aromatic carbocycles. The number of anilines is 2. The van der Waals surface area contributed by atoms with Crippen LogP contribution >= 0.6 is 27.3 Å². The van der Waals surface area contributed by atoms with Crippen LogP contribution in [0.15, 0.2) is 27.4 Å². The van der Waals surface area contributed by atoms with E-state index >= 15 is 0 Å². The second-order valence-electron chi connectivity index (χ2n) is 12.6. The summed E-state index contributed by atoms with van der Waals surface area (Å²) in [5.74, 6) is -0.304. The number of benzene rings is 1. The average molecular weight is 727 g/mol. The van der Waals surface area contributed by atoms with Crippen LogP contribution in [-0.2, 0) is 23.9 Å². The molecule has 1 atom stereocenters. The van der Waals surface area contributed by atoms with Gasteiger partial charge in [0.2, 0.25) is 5.91 Å². The van der Waals surface area contributed by atoms with Gasteiger partial charge in [0.25, 0.3) is 0 Å². The lowest BCUT2D eigenvalue weighted by atomic mass is 9.98. The summed E-state index contributed by atoms with van der Waals surface area (Å²) in [6.07, 6.45) is 0.358. The Bertz CT molecular complexity index is 1450. The third kappa shape index (κ3) is 7.10. The van der Waals surface area contributed by atoms with E-state index in [0.29, 0.717) is 51.6 Å². The van der Waals surface area contributed by atoms with E-state index < -0.39 is 29.5 Å². The number of carbonyl (C=O) groups excluding carboxylic acids is 3. The summed E-state index contributed by atoms with van der Waals surface area (Å²) in [5.41, 5.74) is 6.47. The summed E-state index contributed by atoms with van der Waals surface area (Å²) < 4.78 is 41.4. The number of thiophene rings is 1. The lowest BCUT2D eigenvalue weighted by molar-refractivity contribution is -0.137. The van der Waals surface area contributed by atoms with Gasteiger partial charge < -0.3 is 36.0 Å². The highest BCUT2D eigenvalue weighted by molar-refractivity contribution is 9.10. The first-order chi connectivity index (χ1) is 22.0. The molecule has 4 N–H and O–H groups in total. The highest BCUT2D eigenvalue weighted by atomic mass is 79.9. The number of rotatable bonds is 6. The molecule has 4 aliphatic rings. The molecule has 0 radical (unpaired) electrons. The molecule has 0 unspecified atom stereocenters. The number of nitrogens with zero attached hydrogens (tertiary/aromatic N) is 4. The van der Waals surface area contributed by atoms with Crippen molar-refractivity contribution in [1.82, 2.24) is 24.9 Å². The van der Waals surface area contributed by atoms with Crippen LogP contribution in [0.5, 0.6) is 0 Å². The molecule has 0 spiro atoms. The lowest BCUT2D eigenvalue weighted by Gasteiger charge is -2.41. The fourth-order valence-corrected chi connectivity index (χ4v) is 8.44. The first-order valence-electron chi connectivity index (χ1n) is 15.8. The Morgan fingerprint density at radius 2 is 1.65 bits per heavy atom. The van der Waals surface area contributed by atoms with Crippen LogP contribution in [0.1, 0.15) is 55.2 Å². The van der Waals surface area contributed by atoms with Gasteiger partial charge in [-0.15, -0.1) is 11.3 Å². The van der Waals surface area contributed by atoms with Crippen molar-refractivity contribution in [3.8, 4) is 0 Å². The number of nitrogen functional groups attached to an aromatic ring is 1. The minimum absolute atomic E-state index is 0.0423. The predicted octanol–water partition coefficient (Wildman–Crippen LogP) is 5.33. The van der Waals surface area contributed by atoms with E-state index in [1.54, 1.807) is 14.7 Å². The van der Waals surface area contributed by atoms with Crippen molar-refractivity contribution >= 4 is 56.6 Å². The summed E-state index contributed by atoms with van der Waals surface area (Å²) in [5, 5.41) is 9.74. The van der Waals surface area contributed by atoms with Crippen molar-refractivity contribution < 1.29 is 27.6 Å². The van der Waals surface area contributed by atoms with Crippen molar-refractivity contribution in [3.63, 3.8) is 0 Å². The molecular formula is C31H39BrF3N7O3S. The highest BCUT2D eigenvalue weighted by Crippen LogP contribution is 2.38. The second-order valence-corrected chi connectivity index (χ2v) is 14.2. The number of halogens is 4. The number of piperidine rings is 2. The molecule has 15 heteroatoms. The molecule has 5 heterocycles. The molecule has 0 aliphatic carbocycles. The van der Waals surface area contributed by atoms with E-state index in [-0.39, 0.29) is 34.4 Å².